The molecule has 98 heavy (non-hydrogen) atoms. The zero-order valence-corrected chi connectivity index (χ0v) is 58.5. The first-order valence-corrected chi connectivity index (χ1v) is 33.9. The van der Waals surface area contributed by atoms with Crippen LogP contribution in [0.25, 0.3) is 0 Å². The van der Waals surface area contributed by atoms with Crippen LogP contribution < -0.4 is 18.9 Å². The van der Waals surface area contributed by atoms with E-state index in [2.05, 4.69) is 0 Å². The molecule has 0 fully saturated rings. The van der Waals surface area contributed by atoms with Crippen molar-refractivity contribution in [2.45, 2.75) is 39.6 Å². The van der Waals surface area contributed by atoms with Gasteiger partial charge in [-0.3, -0.25) is 0 Å². The first-order valence-electron chi connectivity index (χ1n) is 33.9. The van der Waals surface area contributed by atoms with Gasteiger partial charge in [-0.2, -0.15) is 0 Å². The van der Waals surface area contributed by atoms with Crippen LogP contribution in [0.2, 0.25) is 0 Å². The van der Waals surface area contributed by atoms with Gasteiger partial charge in [0.15, 0.2) is 0 Å². The summed E-state index contributed by atoms with van der Waals surface area (Å²) in [5.41, 5.74) is 1.79. The zero-order chi connectivity index (χ0) is 69.6. The Morgan fingerprint density at radius 3 is 0.663 bits per heavy atom. The number of esters is 1. The Morgan fingerprint density at radius 2 is 0.449 bits per heavy atom. The summed E-state index contributed by atoms with van der Waals surface area (Å²) in [6.45, 7) is 25.2. The molecule has 0 atom stereocenters. The van der Waals surface area contributed by atoms with Crippen LogP contribution in [-0.4, -0.2) is 288 Å². The maximum atomic E-state index is 11.5. The fourth-order valence-corrected chi connectivity index (χ4v) is 7.66. The SMILES string of the molecule is CC(C)(C)OC(=O)COCCOCCOCCOCCOCCOc1ccc(OCCOCCOCCOCCOCCOCc2ccccc2)cc1.OCCOCCOCCOCCOCCOc1ccc(OCCOCCOCCOCCOCCOCc2ccccc2)cc1. The molecule has 0 saturated carbocycles. The molecule has 4 rings (SSSR count). The molecule has 4 aromatic rings. The van der Waals surface area contributed by atoms with E-state index in [1.165, 1.54) is 0 Å². The Kier molecular flexibility index (Phi) is 58.8. The average Bonchev–Trinajstić information content (AvgIpc) is 1.62. The highest BCUT2D eigenvalue weighted by Gasteiger charge is 2.16. The van der Waals surface area contributed by atoms with Crippen LogP contribution in [0.15, 0.2) is 109 Å². The summed E-state index contributed by atoms with van der Waals surface area (Å²) in [5.74, 6) is 2.58. The monoisotopic (exact) mass is 1390 g/mol. The highest BCUT2D eigenvalue weighted by Crippen LogP contribution is 2.19. The van der Waals surface area contributed by atoms with Crippen LogP contribution in [0.3, 0.4) is 0 Å². The molecule has 0 spiro atoms. The van der Waals surface area contributed by atoms with Crippen molar-refractivity contribution in [3.05, 3.63) is 120 Å². The van der Waals surface area contributed by atoms with Crippen molar-refractivity contribution < 1.29 is 124 Å². The van der Waals surface area contributed by atoms with Gasteiger partial charge in [0.1, 0.15) is 61.6 Å². The lowest BCUT2D eigenvalue weighted by molar-refractivity contribution is -0.160. The van der Waals surface area contributed by atoms with E-state index in [0.29, 0.717) is 271 Å². The first kappa shape index (κ1) is 87.0. The number of hydrogen-bond acceptors (Lipinski definition) is 26. The highest BCUT2D eigenvalue weighted by molar-refractivity contribution is 5.71. The molecular weight excluding hydrogens is 1280 g/mol. The van der Waals surface area contributed by atoms with Gasteiger partial charge in [-0.25, -0.2) is 4.79 Å². The van der Waals surface area contributed by atoms with E-state index in [1.807, 2.05) is 130 Å². The third-order valence-corrected chi connectivity index (χ3v) is 12.3. The Balaban J connectivity index is 0.000000517. The summed E-state index contributed by atoms with van der Waals surface area (Å²) in [6, 6.07) is 35.0. The van der Waals surface area contributed by atoms with Crippen molar-refractivity contribution in [2.75, 3.05) is 271 Å². The first-order chi connectivity index (χ1) is 48.3. The minimum absolute atomic E-state index is 0.0226. The summed E-state index contributed by atoms with van der Waals surface area (Å²) < 4.78 is 132. The van der Waals surface area contributed by atoms with Gasteiger partial charge in [-0.1, -0.05) is 60.7 Å². The molecule has 0 unspecified atom stereocenters. The minimum atomic E-state index is -0.516. The fraction of sp³-hybridized carbons (Fsp3) is 0.653. The van der Waals surface area contributed by atoms with Crippen molar-refractivity contribution in [3.8, 4) is 23.0 Å². The quantitative estimate of drug-likeness (QED) is 0.0347. The summed E-state index contributed by atoms with van der Waals surface area (Å²) in [5, 5.41) is 8.60. The van der Waals surface area contributed by atoms with Gasteiger partial charge in [0.05, 0.1) is 251 Å². The second-order valence-corrected chi connectivity index (χ2v) is 21.6. The van der Waals surface area contributed by atoms with Crippen molar-refractivity contribution in [2.24, 2.45) is 0 Å². The molecule has 26 heteroatoms. The molecular formula is C72H114O26. The second kappa shape index (κ2) is 66.3. The fourth-order valence-electron chi connectivity index (χ4n) is 7.66. The maximum absolute atomic E-state index is 11.5. The second-order valence-electron chi connectivity index (χ2n) is 21.6. The summed E-state index contributed by atoms with van der Waals surface area (Å²) >= 11 is 0. The van der Waals surface area contributed by atoms with E-state index in [-0.39, 0.29) is 19.2 Å². The number of carbonyl (C=O) groups is 1. The summed E-state index contributed by atoms with van der Waals surface area (Å²) in [6.07, 6.45) is 0. The lowest BCUT2D eigenvalue weighted by atomic mass is 10.2. The molecule has 0 aliphatic carbocycles. The number of ether oxygens (including phenoxy) is 24. The van der Waals surface area contributed by atoms with Gasteiger partial charge in [-0.05, 0) is 80.4 Å². The van der Waals surface area contributed by atoms with Crippen molar-refractivity contribution in [3.63, 3.8) is 0 Å². The summed E-state index contributed by atoms with van der Waals surface area (Å²) in [4.78, 5) is 11.5. The van der Waals surface area contributed by atoms with E-state index >= 15 is 0 Å². The molecule has 0 heterocycles. The van der Waals surface area contributed by atoms with Crippen molar-refractivity contribution in [1.29, 1.82) is 0 Å². The van der Waals surface area contributed by atoms with Crippen molar-refractivity contribution in [1.82, 2.24) is 0 Å². The van der Waals surface area contributed by atoms with Gasteiger partial charge >= 0.3 is 5.97 Å². The van der Waals surface area contributed by atoms with E-state index in [1.54, 1.807) is 0 Å². The van der Waals surface area contributed by atoms with Crippen LogP contribution in [0.5, 0.6) is 23.0 Å². The average molecular weight is 1400 g/mol. The minimum Gasteiger partial charge on any atom is -0.491 e. The Hall–Kier alpha value is -5.25. The van der Waals surface area contributed by atoms with Crippen LogP contribution in [0.4, 0.5) is 0 Å². The zero-order valence-electron chi connectivity index (χ0n) is 58.5. The third-order valence-electron chi connectivity index (χ3n) is 12.3. The molecule has 26 nitrogen and oxygen atoms in total. The lowest BCUT2D eigenvalue weighted by Gasteiger charge is -2.19. The van der Waals surface area contributed by atoms with Crippen LogP contribution >= 0.6 is 0 Å². The molecule has 1 N–H and O–H groups in total. The maximum Gasteiger partial charge on any atom is 0.332 e. The molecule has 0 aromatic heterocycles. The van der Waals surface area contributed by atoms with E-state index in [4.69, 9.17) is 119 Å². The highest BCUT2D eigenvalue weighted by atomic mass is 16.6. The predicted molar refractivity (Wildman–Crippen MR) is 364 cm³/mol. The number of benzene rings is 4. The predicted octanol–water partition coefficient (Wildman–Crippen LogP) is 6.94. The number of hydrogen-bond donors (Lipinski definition) is 1. The smallest absolute Gasteiger partial charge is 0.332 e. The molecule has 0 aliphatic heterocycles. The van der Waals surface area contributed by atoms with Crippen LogP contribution in [-0.2, 0) is 113 Å². The van der Waals surface area contributed by atoms with E-state index < -0.39 is 5.60 Å². The molecule has 0 saturated heterocycles. The summed E-state index contributed by atoms with van der Waals surface area (Å²) in [7, 11) is 0. The normalized spacial score (nSPS) is 11.4. The van der Waals surface area contributed by atoms with Crippen LogP contribution in [0, 0.1) is 0 Å². The Morgan fingerprint density at radius 1 is 0.255 bits per heavy atom. The van der Waals surface area contributed by atoms with Gasteiger partial charge in [-0.15, -0.1) is 0 Å². The van der Waals surface area contributed by atoms with Gasteiger partial charge in [0.25, 0.3) is 0 Å². The molecule has 0 bridgehead atoms. The number of carbonyl (C=O) groups excluding carboxylic acids is 1. The van der Waals surface area contributed by atoms with Crippen molar-refractivity contribution >= 4 is 5.97 Å². The lowest BCUT2D eigenvalue weighted by Crippen LogP contribution is -2.27. The molecule has 4 aromatic carbocycles. The van der Waals surface area contributed by atoms with Gasteiger partial charge in [0.2, 0.25) is 0 Å². The van der Waals surface area contributed by atoms with Crippen LogP contribution in [0.1, 0.15) is 31.9 Å². The van der Waals surface area contributed by atoms with Gasteiger partial charge in [0, 0.05) is 0 Å². The van der Waals surface area contributed by atoms with E-state index in [0.717, 1.165) is 34.1 Å². The molecule has 0 amide bonds. The Labute approximate surface area is 581 Å². The molecule has 558 valence electrons. The molecule has 0 radical (unpaired) electrons. The Bertz CT molecular complexity index is 2290. The molecule has 0 aliphatic rings. The number of aliphatic hydroxyl groups excluding tert-OH is 1. The topological polar surface area (TPSA) is 259 Å². The number of aliphatic hydroxyl groups is 1. The van der Waals surface area contributed by atoms with E-state index in [9.17, 15) is 4.79 Å². The largest absolute Gasteiger partial charge is 0.491 e. The van der Waals surface area contributed by atoms with Gasteiger partial charge < -0.3 is 119 Å². The third kappa shape index (κ3) is 58.5. The standard InChI is InChI=1S/C39H62O14.C33H52O12/c1-39(2,3)53-38(40)34-50-28-26-46-20-18-42-14-16-44-22-24-48-30-32-52-37-11-9-36(10-12-37)51-31-29-47-23-21-43-15-13-41-17-19-45-25-27-49-33-35-7-5-4-6-8-35;34-10-11-35-12-13-36-14-15-38-20-22-41-26-28-44-32-6-8-33(9-7-32)45-29-27-42-23-21-39-17-16-37-18-19-40-24-25-43-30-31-4-2-1-3-5-31/h4-12H,13-34H2,1-3H3;1-9,34H,10-30H2. The number of rotatable bonds is 69.